The number of nitrogens with one attached hydrogen (secondary N) is 2. The molecule has 0 saturated carbocycles. The van der Waals surface area contributed by atoms with Crippen LogP contribution in [0.15, 0.2) is 42.5 Å². The van der Waals surface area contributed by atoms with Crippen LogP contribution in [0.3, 0.4) is 0 Å². The summed E-state index contributed by atoms with van der Waals surface area (Å²) in [4.78, 5) is 24.5. The summed E-state index contributed by atoms with van der Waals surface area (Å²) < 4.78 is 19.0. The molecule has 1 aliphatic heterocycles. The van der Waals surface area contributed by atoms with E-state index in [0.717, 1.165) is 11.1 Å². The zero-order valence-electron chi connectivity index (χ0n) is 15.4. The van der Waals surface area contributed by atoms with E-state index in [1.165, 1.54) is 12.1 Å². The van der Waals surface area contributed by atoms with E-state index >= 15 is 0 Å². The Balaban J connectivity index is 1.66. The van der Waals surface area contributed by atoms with E-state index in [-0.39, 0.29) is 24.3 Å². The molecule has 0 aromatic heterocycles. The third-order valence-electron chi connectivity index (χ3n) is 4.41. The molecule has 5 nitrogen and oxygen atoms in total. The number of hydrogen-bond acceptors (Lipinski definition) is 3. The second-order valence-corrected chi connectivity index (χ2v) is 6.93. The molecule has 3 rings (SSSR count). The average Bonchev–Trinajstić information content (AvgIpc) is 2.63. The number of amides is 2. The zero-order chi connectivity index (χ0) is 19.4. The van der Waals surface area contributed by atoms with E-state index < -0.39 is 11.7 Å². The highest BCUT2D eigenvalue weighted by Crippen LogP contribution is 2.32. The first-order valence-corrected chi connectivity index (χ1v) is 8.99. The lowest BCUT2D eigenvalue weighted by atomic mass is 9.89. The van der Waals surface area contributed by atoms with Crippen LogP contribution in [0.1, 0.15) is 42.9 Å². The van der Waals surface area contributed by atoms with Crippen LogP contribution in [0.5, 0.6) is 0 Å². The quantitative estimate of drug-likeness (QED) is 0.818. The van der Waals surface area contributed by atoms with Crippen LogP contribution in [0.4, 0.5) is 10.1 Å². The maximum absolute atomic E-state index is 13.4. The third-order valence-corrected chi connectivity index (χ3v) is 4.41. The van der Waals surface area contributed by atoms with Gasteiger partial charge in [0.1, 0.15) is 5.82 Å². The van der Waals surface area contributed by atoms with Gasteiger partial charge in [-0.15, -0.1) is 0 Å². The van der Waals surface area contributed by atoms with Gasteiger partial charge in [-0.05, 0) is 42.7 Å². The number of ether oxygens (including phenoxy) is 1. The Morgan fingerprint density at radius 2 is 2.04 bits per heavy atom. The number of anilines is 1. The van der Waals surface area contributed by atoms with Crippen molar-refractivity contribution in [3.63, 3.8) is 0 Å². The van der Waals surface area contributed by atoms with Gasteiger partial charge in [0, 0.05) is 18.7 Å². The van der Waals surface area contributed by atoms with Crippen molar-refractivity contribution in [3.05, 3.63) is 65.0 Å². The van der Waals surface area contributed by atoms with Gasteiger partial charge in [0.05, 0.1) is 18.6 Å². The minimum atomic E-state index is -0.623. The number of carbonyl (C=O) groups is 2. The summed E-state index contributed by atoms with van der Waals surface area (Å²) in [7, 11) is 0. The molecular formula is C21H23FN2O3. The molecule has 0 radical (unpaired) electrons. The first-order valence-electron chi connectivity index (χ1n) is 8.99. The maximum Gasteiger partial charge on any atom is 0.228 e. The Labute approximate surface area is 157 Å². The number of hydrogen-bond donors (Lipinski definition) is 2. The van der Waals surface area contributed by atoms with Crippen LogP contribution >= 0.6 is 0 Å². The summed E-state index contributed by atoms with van der Waals surface area (Å²) in [6, 6.07) is 11.9. The molecule has 2 aromatic carbocycles. The lowest BCUT2D eigenvalue weighted by Crippen LogP contribution is -2.34. The molecule has 0 aliphatic carbocycles. The molecule has 2 N–H and O–H groups in total. The Morgan fingerprint density at radius 1 is 1.26 bits per heavy atom. The van der Waals surface area contributed by atoms with Crippen molar-refractivity contribution >= 4 is 17.5 Å². The van der Waals surface area contributed by atoms with E-state index in [1.54, 1.807) is 6.07 Å². The Kier molecular flexibility index (Phi) is 5.86. The van der Waals surface area contributed by atoms with Crippen molar-refractivity contribution in [3.8, 4) is 0 Å². The first-order chi connectivity index (χ1) is 12.9. The van der Waals surface area contributed by atoms with Crippen LogP contribution in [0, 0.1) is 5.82 Å². The first kappa shape index (κ1) is 19.0. The summed E-state index contributed by atoms with van der Waals surface area (Å²) in [5.74, 6) is -1.61. The van der Waals surface area contributed by atoms with Crippen LogP contribution in [0.2, 0.25) is 0 Å². The van der Waals surface area contributed by atoms with E-state index in [9.17, 15) is 14.0 Å². The van der Waals surface area contributed by atoms with Gasteiger partial charge in [-0.1, -0.05) is 30.3 Å². The smallest absolute Gasteiger partial charge is 0.228 e. The Hall–Kier alpha value is -2.73. The summed E-state index contributed by atoms with van der Waals surface area (Å²) in [6.07, 6.45) is 0.197. The van der Waals surface area contributed by atoms with Crippen LogP contribution in [-0.4, -0.2) is 17.9 Å². The third kappa shape index (κ3) is 4.92. The van der Waals surface area contributed by atoms with Gasteiger partial charge in [0.2, 0.25) is 11.8 Å². The largest absolute Gasteiger partial charge is 0.374 e. The fourth-order valence-electron chi connectivity index (χ4n) is 3.08. The molecule has 142 valence electrons. The second kappa shape index (κ2) is 8.31. The Bertz CT molecular complexity index is 851. The lowest BCUT2D eigenvalue weighted by Gasteiger charge is -2.25. The van der Waals surface area contributed by atoms with Crippen molar-refractivity contribution in [1.82, 2.24) is 5.32 Å². The summed E-state index contributed by atoms with van der Waals surface area (Å²) in [6.45, 7) is 4.83. The summed E-state index contributed by atoms with van der Waals surface area (Å²) >= 11 is 0. The van der Waals surface area contributed by atoms with Gasteiger partial charge in [-0.2, -0.15) is 0 Å². The molecule has 0 bridgehead atoms. The van der Waals surface area contributed by atoms with Gasteiger partial charge < -0.3 is 15.4 Å². The SMILES string of the molecule is CC(C)OCc1cccc(CNC(=O)[C@H]2CC(=O)Nc3cc(F)ccc32)c1. The minimum Gasteiger partial charge on any atom is -0.374 e. The number of carbonyl (C=O) groups excluding carboxylic acids is 2. The van der Waals surface area contributed by atoms with E-state index in [4.69, 9.17) is 4.74 Å². The fraction of sp³-hybridized carbons (Fsp3) is 0.333. The molecule has 6 heteroatoms. The topological polar surface area (TPSA) is 67.4 Å². The molecule has 1 atom stereocenters. The van der Waals surface area contributed by atoms with E-state index in [0.29, 0.717) is 24.4 Å². The molecule has 2 amide bonds. The number of benzene rings is 2. The van der Waals surface area contributed by atoms with Gasteiger partial charge in [-0.3, -0.25) is 9.59 Å². The molecule has 0 spiro atoms. The van der Waals surface area contributed by atoms with E-state index in [2.05, 4.69) is 10.6 Å². The molecule has 0 unspecified atom stereocenters. The number of rotatable bonds is 6. The predicted molar refractivity (Wildman–Crippen MR) is 101 cm³/mol. The van der Waals surface area contributed by atoms with Gasteiger partial charge >= 0.3 is 0 Å². The standard InChI is InChI=1S/C21H23FN2O3/c1-13(2)27-12-15-5-3-4-14(8-15)11-23-21(26)18-10-20(25)24-19-9-16(22)6-7-17(18)19/h3-9,13,18H,10-12H2,1-2H3,(H,23,26)(H,24,25)/t18-/m0/s1. The highest BCUT2D eigenvalue weighted by Gasteiger charge is 2.30. The van der Waals surface area contributed by atoms with Crippen LogP contribution in [0.25, 0.3) is 0 Å². The predicted octanol–water partition coefficient (Wildman–Crippen LogP) is 3.49. The Morgan fingerprint density at radius 3 is 2.81 bits per heavy atom. The van der Waals surface area contributed by atoms with Crippen molar-refractivity contribution in [2.24, 2.45) is 0 Å². The number of fused-ring (bicyclic) bond motifs is 1. The summed E-state index contributed by atoms with van der Waals surface area (Å²) in [5.41, 5.74) is 2.98. The highest BCUT2D eigenvalue weighted by molar-refractivity contribution is 6.01. The molecule has 1 aliphatic rings. The molecule has 0 saturated heterocycles. The zero-order valence-corrected chi connectivity index (χ0v) is 15.4. The molecule has 1 heterocycles. The van der Waals surface area contributed by atoms with Gasteiger partial charge in [-0.25, -0.2) is 4.39 Å². The van der Waals surface area contributed by atoms with E-state index in [1.807, 2.05) is 38.1 Å². The van der Waals surface area contributed by atoms with Gasteiger partial charge in [0.15, 0.2) is 0 Å². The second-order valence-electron chi connectivity index (χ2n) is 6.93. The molecule has 27 heavy (non-hydrogen) atoms. The van der Waals surface area contributed by atoms with Crippen molar-refractivity contribution in [1.29, 1.82) is 0 Å². The van der Waals surface area contributed by atoms with Crippen molar-refractivity contribution < 1.29 is 18.7 Å². The lowest BCUT2D eigenvalue weighted by molar-refractivity contribution is -0.126. The fourth-order valence-corrected chi connectivity index (χ4v) is 3.08. The van der Waals surface area contributed by atoms with Crippen LogP contribution in [-0.2, 0) is 27.5 Å². The molecule has 2 aromatic rings. The van der Waals surface area contributed by atoms with Crippen molar-refractivity contribution in [2.75, 3.05) is 5.32 Å². The van der Waals surface area contributed by atoms with Crippen molar-refractivity contribution in [2.45, 2.75) is 45.4 Å². The number of halogens is 1. The minimum absolute atomic E-state index is 0.0483. The van der Waals surface area contributed by atoms with Gasteiger partial charge in [0.25, 0.3) is 0 Å². The monoisotopic (exact) mass is 370 g/mol. The average molecular weight is 370 g/mol. The molecular weight excluding hydrogens is 347 g/mol. The maximum atomic E-state index is 13.4. The highest BCUT2D eigenvalue weighted by atomic mass is 19.1. The molecule has 0 fully saturated rings. The van der Waals surface area contributed by atoms with Crippen LogP contribution < -0.4 is 10.6 Å². The summed E-state index contributed by atoms with van der Waals surface area (Å²) in [5, 5.41) is 5.50. The normalized spacial score (nSPS) is 16.0.